The zero-order valence-electron chi connectivity index (χ0n) is 34.2. The standard InChI is InChI=1S/C57H50N2/c1-3-57(4-2)53-37-45(32-34-49(53)50-35-33-46(38-54(50)57)59-55-26-12-10-23-51(55)52-24-11-13-27-56(52)59)58(44-21-14-20-42(36-44)39-16-6-5-7-17-39)43-30-28-41(29-31-43)48-25-15-19-40-18-8-9-22-47(40)48/h8-15,18-39H,3-7,16-17H2,1-2H3. The second kappa shape index (κ2) is 14.5. The van der Waals surface area contributed by atoms with Gasteiger partial charge >= 0.3 is 0 Å². The Morgan fingerprint density at radius 2 is 1.08 bits per heavy atom. The molecule has 2 nitrogen and oxygen atoms in total. The Balaban J connectivity index is 1.05. The predicted octanol–water partition coefficient (Wildman–Crippen LogP) is 16.2. The average Bonchev–Trinajstić information content (AvgIpc) is 3.79. The third-order valence-corrected chi connectivity index (χ3v) is 14.1. The van der Waals surface area contributed by atoms with Crippen molar-refractivity contribution in [3.63, 3.8) is 0 Å². The van der Waals surface area contributed by atoms with Crippen LogP contribution in [-0.4, -0.2) is 4.57 Å². The van der Waals surface area contributed by atoms with Gasteiger partial charge in [0.1, 0.15) is 0 Å². The van der Waals surface area contributed by atoms with Crippen LogP contribution < -0.4 is 4.90 Å². The summed E-state index contributed by atoms with van der Waals surface area (Å²) in [6, 6.07) is 66.4. The molecule has 1 saturated carbocycles. The largest absolute Gasteiger partial charge is 0.310 e. The molecule has 1 aromatic heterocycles. The minimum Gasteiger partial charge on any atom is -0.310 e. The molecule has 8 aromatic carbocycles. The van der Waals surface area contributed by atoms with Gasteiger partial charge in [-0.2, -0.15) is 0 Å². The monoisotopic (exact) mass is 762 g/mol. The van der Waals surface area contributed by atoms with E-state index in [1.165, 1.54) is 126 Å². The topological polar surface area (TPSA) is 8.17 Å². The number of hydrogen-bond acceptors (Lipinski definition) is 1. The smallest absolute Gasteiger partial charge is 0.0541 e. The van der Waals surface area contributed by atoms with Gasteiger partial charge in [0, 0.05) is 38.9 Å². The molecule has 0 atom stereocenters. The van der Waals surface area contributed by atoms with E-state index in [2.05, 4.69) is 199 Å². The molecule has 0 bridgehead atoms. The fourth-order valence-electron chi connectivity index (χ4n) is 11.0. The first-order chi connectivity index (χ1) is 29.1. The Hall–Kier alpha value is -6.38. The van der Waals surface area contributed by atoms with Crippen molar-refractivity contribution >= 4 is 49.6 Å². The highest BCUT2D eigenvalue weighted by atomic mass is 15.1. The van der Waals surface area contributed by atoms with Crippen molar-refractivity contribution in [2.75, 3.05) is 4.90 Å². The molecule has 0 radical (unpaired) electrons. The first kappa shape index (κ1) is 35.8. The number of benzene rings is 8. The highest BCUT2D eigenvalue weighted by molar-refractivity contribution is 6.09. The molecular weight excluding hydrogens is 713 g/mol. The Kier molecular flexibility index (Phi) is 8.77. The summed E-state index contributed by atoms with van der Waals surface area (Å²) in [5, 5.41) is 5.15. The van der Waals surface area contributed by atoms with Crippen LogP contribution in [-0.2, 0) is 5.41 Å². The summed E-state index contributed by atoms with van der Waals surface area (Å²) >= 11 is 0. The van der Waals surface area contributed by atoms with Crippen LogP contribution in [0.15, 0.2) is 176 Å². The maximum atomic E-state index is 2.54. The molecule has 0 saturated heterocycles. The summed E-state index contributed by atoms with van der Waals surface area (Å²) in [6.45, 7) is 4.78. The fourth-order valence-corrected chi connectivity index (χ4v) is 11.0. The molecule has 0 N–H and O–H groups in total. The number of para-hydroxylation sites is 2. The Labute approximate surface area is 348 Å². The van der Waals surface area contributed by atoms with Crippen LogP contribution in [0.25, 0.3) is 60.5 Å². The molecular formula is C57H50N2. The van der Waals surface area contributed by atoms with Gasteiger partial charge in [0.2, 0.25) is 0 Å². The quantitative estimate of drug-likeness (QED) is 0.150. The van der Waals surface area contributed by atoms with E-state index in [0.29, 0.717) is 5.92 Å². The molecule has 1 fully saturated rings. The Bertz CT molecular complexity index is 2950. The molecule has 9 aromatic rings. The number of aromatic nitrogens is 1. The van der Waals surface area contributed by atoms with Crippen molar-refractivity contribution < 1.29 is 0 Å². The van der Waals surface area contributed by atoms with Crippen LogP contribution in [0.1, 0.15) is 81.4 Å². The molecule has 0 unspecified atom stereocenters. The molecule has 2 aliphatic rings. The molecule has 0 aliphatic heterocycles. The second-order valence-corrected chi connectivity index (χ2v) is 17.0. The Morgan fingerprint density at radius 1 is 0.492 bits per heavy atom. The van der Waals surface area contributed by atoms with E-state index >= 15 is 0 Å². The van der Waals surface area contributed by atoms with Crippen LogP contribution in [0.5, 0.6) is 0 Å². The minimum absolute atomic E-state index is 0.108. The third kappa shape index (κ3) is 5.75. The van der Waals surface area contributed by atoms with Crippen LogP contribution in [0.4, 0.5) is 17.1 Å². The molecule has 1 heterocycles. The predicted molar refractivity (Wildman–Crippen MR) is 251 cm³/mol. The van der Waals surface area contributed by atoms with Crippen LogP contribution >= 0.6 is 0 Å². The van der Waals surface area contributed by atoms with Crippen molar-refractivity contribution in [1.82, 2.24) is 4.57 Å². The van der Waals surface area contributed by atoms with Crippen molar-refractivity contribution in [3.05, 3.63) is 193 Å². The van der Waals surface area contributed by atoms with E-state index in [4.69, 9.17) is 0 Å². The first-order valence-electron chi connectivity index (χ1n) is 21.9. The minimum atomic E-state index is -0.108. The van der Waals surface area contributed by atoms with Gasteiger partial charge < -0.3 is 9.47 Å². The van der Waals surface area contributed by atoms with Gasteiger partial charge in [-0.25, -0.2) is 0 Å². The molecule has 11 rings (SSSR count). The number of anilines is 3. The highest BCUT2D eigenvalue weighted by Crippen LogP contribution is 2.55. The average molecular weight is 763 g/mol. The lowest BCUT2D eigenvalue weighted by Crippen LogP contribution is -2.23. The summed E-state index contributed by atoms with van der Waals surface area (Å²) in [6.07, 6.45) is 8.64. The third-order valence-electron chi connectivity index (χ3n) is 14.1. The normalized spacial score (nSPS) is 14.8. The summed E-state index contributed by atoms with van der Waals surface area (Å²) in [4.78, 5) is 2.52. The summed E-state index contributed by atoms with van der Waals surface area (Å²) < 4.78 is 2.47. The summed E-state index contributed by atoms with van der Waals surface area (Å²) in [5.41, 5.74) is 16.8. The fraction of sp³-hybridized carbons (Fsp3) is 0.193. The van der Waals surface area contributed by atoms with Gasteiger partial charge in [0.25, 0.3) is 0 Å². The van der Waals surface area contributed by atoms with Crippen LogP contribution in [0.3, 0.4) is 0 Å². The lowest BCUT2D eigenvalue weighted by Gasteiger charge is -2.32. The van der Waals surface area contributed by atoms with Gasteiger partial charge in [-0.3, -0.25) is 0 Å². The van der Waals surface area contributed by atoms with E-state index in [-0.39, 0.29) is 5.41 Å². The van der Waals surface area contributed by atoms with Crippen molar-refractivity contribution in [2.45, 2.75) is 70.1 Å². The lowest BCUT2D eigenvalue weighted by molar-refractivity contribution is 0.443. The number of fused-ring (bicyclic) bond motifs is 7. The van der Waals surface area contributed by atoms with Crippen molar-refractivity contribution in [1.29, 1.82) is 0 Å². The van der Waals surface area contributed by atoms with Crippen molar-refractivity contribution in [3.8, 4) is 27.9 Å². The second-order valence-electron chi connectivity index (χ2n) is 17.0. The molecule has 59 heavy (non-hydrogen) atoms. The van der Waals surface area contributed by atoms with Crippen LogP contribution in [0.2, 0.25) is 0 Å². The molecule has 2 heteroatoms. The molecule has 0 amide bonds. The first-order valence-corrected chi connectivity index (χ1v) is 21.9. The summed E-state index contributed by atoms with van der Waals surface area (Å²) in [5.74, 6) is 0.630. The zero-order chi connectivity index (χ0) is 39.5. The maximum Gasteiger partial charge on any atom is 0.0541 e. The van der Waals surface area contributed by atoms with E-state index in [1.54, 1.807) is 0 Å². The molecule has 288 valence electrons. The number of hydrogen-bond donors (Lipinski definition) is 0. The van der Waals surface area contributed by atoms with E-state index in [1.807, 2.05) is 0 Å². The number of rotatable bonds is 8. The van der Waals surface area contributed by atoms with Gasteiger partial charge in [-0.1, -0.05) is 148 Å². The summed E-state index contributed by atoms with van der Waals surface area (Å²) in [7, 11) is 0. The zero-order valence-corrected chi connectivity index (χ0v) is 34.2. The Morgan fingerprint density at radius 3 is 1.81 bits per heavy atom. The SMILES string of the molecule is CCC1(CC)c2cc(N(c3ccc(-c4cccc5ccccc45)cc3)c3cccc(C4CCCCC4)c3)ccc2-c2ccc(-n3c4ccccc4c4ccccc43)cc21. The van der Waals surface area contributed by atoms with E-state index < -0.39 is 0 Å². The maximum absolute atomic E-state index is 2.54. The van der Waals surface area contributed by atoms with Crippen molar-refractivity contribution in [2.24, 2.45) is 0 Å². The highest BCUT2D eigenvalue weighted by Gasteiger charge is 2.41. The molecule has 0 spiro atoms. The van der Waals surface area contributed by atoms with Gasteiger partial charge in [-0.05, 0) is 142 Å². The lowest BCUT2D eigenvalue weighted by atomic mass is 9.73. The van der Waals surface area contributed by atoms with Gasteiger partial charge in [0.05, 0.1) is 11.0 Å². The van der Waals surface area contributed by atoms with E-state index in [9.17, 15) is 0 Å². The number of nitrogens with zero attached hydrogens (tertiary/aromatic N) is 2. The van der Waals surface area contributed by atoms with E-state index in [0.717, 1.165) is 12.8 Å². The van der Waals surface area contributed by atoms with Gasteiger partial charge in [0.15, 0.2) is 0 Å². The molecule has 2 aliphatic carbocycles. The van der Waals surface area contributed by atoms with Gasteiger partial charge in [-0.15, -0.1) is 0 Å². The van der Waals surface area contributed by atoms with Crippen LogP contribution in [0, 0.1) is 0 Å².